The summed E-state index contributed by atoms with van der Waals surface area (Å²) in [6.45, 7) is 4.44. The fourth-order valence-electron chi connectivity index (χ4n) is 4.15. The van der Waals surface area contributed by atoms with Crippen LogP contribution in [0.4, 0.5) is 4.79 Å². The summed E-state index contributed by atoms with van der Waals surface area (Å²) in [6.07, 6.45) is 16.8. The van der Waals surface area contributed by atoms with Crippen LogP contribution in [0.1, 0.15) is 89.5 Å². The Hall–Kier alpha value is -2.83. The smallest absolute Gasteiger partial charge is 0.324 e. The van der Waals surface area contributed by atoms with Crippen LogP contribution in [-0.4, -0.2) is 42.3 Å². The number of fused-ring (bicyclic) bond motifs is 1. The number of allylic oxidation sites excluding steroid dienone is 2. The molecule has 0 saturated heterocycles. The third-order valence-corrected chi connectivity index (χ3v) is 6.25. The summed E-state index contributed by atoms with van der Waals surface area (Å²) in [4.78, 5) is 18.9. The van der Waals surface area contributed by atoms with Crippen LogP contribution in [0.5, 0.6) is 5.75 Å². The van der Waals surface area contributed by atoms with Gasteiger partial charge in [-0.2, -0.15) is 0 Å². The van der Waals surface area contributed by atoms with Gasteiger partial charge in [0.05, 0.1) is 13.2 Å². The van der Waals surface area contributed by atoms with E-state index in [0.717, 1.165) is 74.9 Å². The maximum atomic E-state index is 12.8. The number of unbranched alkanes of at least 4 members (excludes halogenated alkanes) is 6. The molecule has 0 unspecified atom stereocenters. The topological polar surface area (TPSA) is 104 Å². The van der Waals surface area contributed by atoms with E-state index in [4.69, 9.17) is 15.9 Å². The van der Waals surface area contributed by atoms with Crippen molar-refractivity contribution in [3.8, 4) is 5.75 Å². The third-order valence-electron chi connectivity index (χ3n) is 6.25. The summed E-state index contributed by atoms with van der Waals surface area (Å²) in [5, 5.41) is 10.7. The first-order valence-corrected chi connectivity index (χ1v) is 13.3. The van der Waals surface area contributed by atoms with Crippen molar-refractivity contribution in [3.05, 3.63) is 42.0 Å². The first-order valence-electron chi connectivity index (χ1n) is 13.3. The average molecular weight is 484 g/mol. The maximum Gasteiger partial charge on any atom is 0.324 e. The highest BCUT2D eigenvalue weighted by molar-refractivity contribution is 5.95. The molecule has 1 heterocycles. The number of benzene rings is 1. The Morgan fingerprint density at radius 2 is 1.86 bits per heavy atom. The second kappa shape index (κ2) is 17.6. The molecule has 0 saturated carbocycles. The zero-order valence-corrected chi connectivity index (χ0v) is 21.6. The van der Waals surface area contributed by atoms with E-state index in [0.29, 0.717) is 19.7 Å². The van der Waals surface area contributed by atoms with Gasteiger partial charge in [0.1, 0.15) is 5.75 Å². The summed E-state index contributed by atoms with van der Waals surface area (Å²) in [5.74, 6) is 0.970. The molecule has 1 aliphatic heterocycles. The predicted octanol–water partition coefficient (Wildman–Crippen LogP) is 6.18. The minimum atomic E-state index is -0.170. The van der Waals surface area contributed by atoms with E-state index in [9.17, 15) is 4.79 Å². The maximum absolute atomic E-state index is 12.8. The number of para-hydroxylation sites is 1. The van der Waals surface area contributed by atoms with E-state index in [1.807, 2.05) is 36.1 Å². The standard InChI is InChI=1S/C28H45N5O2/c1-2-3-9-17-25(29)18-10-7-5-4-6-8-13-20-33-21-14-15-22-35-26-19-12-11-16-24(26)23-31-27(30)32-28(33)34/h2-3,11-12,16,19,29H,4-10,13-15,17-18,20-23H2,1H3,(H3,30,31,32,34)/b3-2+,29-25?. The predicted molar refractivity (Wildman–Crippen MR) is 145 cm³/mol. The number of aliphatic imine (C=N–C) groups is 1. The second-order valence-corrected chi connectivity index (χ2v) is 9.22. The van der Waals surface area contributed by atoms with Crippen LogP contribution in [0.15, 0.2) is 41.4 Å². The number of carbonyl (C=O) groups is 1. The van der Waals surface area contributed by atoms with Crippen molar-refractivity contribution in [2.75, 3.05) is 19.7 Å². The molecule has 7 nitrogen and oxygen atoms in total. The van der Waals surface area contributed by atoms with Crippen molar-refractivity contribution in [1.82, 2.24) is 10.2 Å². The van der Waals surface area contributed by atoms with E-state index < -0.39 is 0 Å². The van der Waals surface area contributed by atoms with Crippen LogP contribution in [-0.2, 0) is 6.54 Å². The lowest BCUT2D eigenvalue weighted by Gasteiger charge is -2.23. The molecule has 35 heavy (non-hydrogen) atoms. The lowest BCUT2D eigenvalue weighted by Crippen LogP contribution is -2.46. The summed E-state index contributed by atoms with van der Waals surface area (Å²) >= 11 is 0. The van der Waals surface area contributed by atoms with E-state index in [1.165, 1.54) is 25.7 Å². The highest BCUT2D eigenvalue weighted by Crippen LogP contribution is 2.19. The van der Waals surface area contributed by atoms with Crippen molar-refractivity contribution >= 4 is 17.7 Å². The number of hydrogen-bond donors (Lipinski definition) is 3. The second-order valence-electron chi connectivity index (χ2n) is 9.22. The molecule has 1 aromatic rings. The summed E-state index contributed by atoms with van der Waals surface area (Å²) in [6, 6.07) is 7.65. The molecule has 0 spiro atoms. The molecule has 0 bridgehead atoms. The number of nitrogens with one attached hydrogen (secondary N) is 2. The minimum Gasteiger partial charge on any atom is -0.493 e. The van der Waals surface area contributed by atoms with Gasteiger partial charge in [0, 0.05) is 24.4 Å². The van der Waals surface area contributed by atoms with Gasteiger partial charge in [-0.15, -0.1) is 0 Å². The number of ether oxygens (including phenoxy) is 1. The van der Waals surface area contributed by atoms with Crippen LogP contribution in [0.25, 0.3) is 0 Å². The van der Waals surface area contributed by atoms with Gasteiger partial charge in [-0.3, -0.25) is 5.32 Å². The number of nitrogens with zero attached hydrogens (tertiary/aromatic N) is 2. The van der Waals surface area contributed by atoms with E-state index in [-0.39, 0.29) is 12.0 Å². The van der Waals surface area contributed by atoms with Gasteiger partial charge < -0.3 is 20.8 Å². The Kier molecular flexibility index (Phi) is 14.3. The number of rotatable bonds is 13. The number of hydrogen-bond acceptors (Lipinski definition) is 5. The van der Waals surface area contributed by atoms with Gasteiger partial charge in [0.25, 0.3) is 0 Å². The first kappa shape index (κ1) is 28.4. The van der Waals surface area contributed by atoms with Gasteiger partial charge in [0.15, 0.2) is 5.96 Å². The molecular formula is C28H45N5O2. The Labute approximate surface area is 211 Å². The number of amides is 2. The molecule has 7 heteroatoms. The fourth-order valence-corrected chi connectivity index (χ4v) is 4.15. The number of urea groups is 1. The highest BCUT2D eigenvalue weighted by Gasteiger charge is 2.15. The monoisotopic (exact) mass is 483 g/mol. The van der Waals surface area contributed by atoms with Crippen molar-refractivity contribution in [2.45, 2.75) is 90.5 Å². The van der Waals surface area contributed by atoms with Crippen LogP contribution >= 0.6 is 0 Å². The lowest BCUT2D eigenvalue weighted by molar-refractivity contribution is 0.198. The van der Waals surface area contributed by atoms with Crippen LogP contribution in [0.2, 0.25) is 0 Å². The van der Waals surface area contributed by atoms with Gasteiger partial charge in [-0.05, 0) is 57.9 Å². The van der Waals surface area contributed by atoms with Crippen molar-refractivity contribution in [2.24, 2.45) is 10.7 Å². The van der Waals surface area contributed by atoms with E-state index >= 15 is 0 Å². The molecule has 0 atom stereocenters. The molecule has 194 valence electrons. The molecule has 2 amide bonds. The summed E-state index contributed by atoms with van der Waals surface area (Å²) in [5.41, 5.74) is 7.82. The Balaban J connectivity index is 1.65. The van der Waals surface area contributed by atoms with Crippen LogP contribution in [0, 0.1) is 5.41 Å². The van der Waals surface area contributed by atoms with Crippen molar-refractivity contribution in [3.63, 3.8) is 0 Å². The molecule has 4 N–H and O–H groups in total. The number of nitrogens with two attached hydrogens (primary N) is 1. The molecule has 0 radical (unpaired) electrons. The van der Waals surface area contributed by atoms with Crippen LogP contribution < -0.4 is 15.8 Å². The average Bonchev–Trinajstić information content (AvgIpc) is 2.86. The van der Waals surface area contributed by atoms with Gasteiger partial charge >= 0.3 is 6.03 Å². The Morgan fingerprint density at radius 1 is 1.11 bits per heavy atom. The molecular weight excluding hydrogens is 438 g/mol. The third kappa shape index (κ3) is 12.4. The summed E-state index contributed by atoms with van der Waals surface area (Å²) < 4.78 is 5.94. The highest BCUT2D eigenvalue weighted by atomic mass is 16.5. The van der Waals surface area contributed by atoms with Crippen molar-refractivity contribution < 1.29 is 9.53 Å². The lowest BCUT2D eigenvalue weighted by atomic mass is 10.0. The van der Waals surface area contributed by atoms with E-state index in [2.05, 4.69) is 22.5 Å². The molecule has 1 aromatic carbocycles. The molecule has 0 aromatic heterocycles. The number of carbonyl (C=O) groups excluding carboxylic acids is 1. The summed E-state index contributed by atoms with van der Waals surface area (Å²) in [7, 11) is 0. The largest absolute Gasteiger partial charge is 0.493 e. The van der Waals surface area contributed by atoms with Gasteiger partial charge in [-0.25, -0.2) is 9.79 Å². The molecule has 0 aliphatic carbocycles. The van der Waals surface area contributed by atoms with Crippen molar-refractivity contribution in [1.29, 1.82) is 5.41 Å². The molecule has 0 fully saturated rings. The van der Waals surface area contributed by atoms with Gasteiger partial charge in [0.2, 0.25) is 0 Å². The first-order chi connectivity index (χ1) is 17.1. The van der Waals surface area contributed by atoms with Crippen LogP contribution in [0.3, 0.4) is 0 Å². The zero-order chi connectivity index (χ0) is 25.1. The number of guanidine groups is 1. The normalized spacial score (nSPS) is 15.3. The quantitative estimate of drug-likeness (QED) is 0.177. The minimum absolute atomic E-state index is 0.143. The Morgan fingerprint density at radius 3 is 2.66 bits per heavy atom. The fraction of sp³-hybridized carbons (Fsp3) is 0.607. The zero-order valence-electron chi connectivity index (χ0n) is 21.6. The molecule has 2 rings (SSSR count). The molecule has 1 aliphatic rings. The Bertz CT molecular complexity index is 821. The van der Waals surface area contributed by atoms with Gasteiger partial charge in [-0.1, -0.05) is 62.5 Å². The van der Waals surface area contributed by atoms with E-state index in [1.54, 1.807) is 0 Å². The SMILES string of the molecule is C/C=C/CCC(=N)CCCCCCCCCN1CCCCOc2ccccc2CN=C(N)NC1=O.